The normalized spacial score (nSPS) is 12.3. The Kier molecular flexibility index (Phi) is 8.75. The van der Waals surface area contributed by atoms with Gasteiger partial charge in [0.2, 0.25) is 17.6 Å². The minimum absolute atomic E-state index is 0.210. The number of nitrogens with one attached hydrogen (secondary N) is 2. The third-order valence-electron chi connectivity index (χ3n) is 6.96. The van der Waals surface area contributed by atoms with E-state index in [-0.39, 0.29) is 29.9 Å². The van der Waals surface area contributed by atoms with Crippen LogP contribution in [0, 0.1) is 5.92 Å². The predicted octanol–water partition coefficient (Wildman–Crippen LogP) is 3.64. The Morgan fingerprint density at radius 2 is 1.76 bits per heavy atom. The lowest BCUT2D eigenvalue weighted by Gasteiger charge is -2.21. The highest BCUT2D eigenvalue weighted by Crippen LogP contribution is 2.29. The van der Waals surface area contributed by atoms with Crippen LogP contribution in [0.2, 0.25) is 0 Å². The molecule has 3 aromatic heterocycles. The molecule has 3 heterocycles. The Bertz CT molecular complexity index is 1570. The fourth-order valence-electron chi connectivity index (χ4n) is 4.35. The number of nitrogens with zero attached hydrogens (tertiary/aromatic N) is 5. The van der Waals surface area contributed by atoms with Gasteiger partial charge in [0.05, 0.1) is 23.3 Å². The summed E-state index contributed by atoms with van der Waals surface area (Å²) in [6.07, 6.45) is 4.11. The molecular formula is C30H35N7O4. The zero-order chi connectivity index (χ0) is 29.7. The Hall–Kier alpha value is -4.67. The van der Waals surface area contributed by atoms with Gasteiger partial charge in [0, 0.05) is 18.8 Å². The van der Waals surface area contributed by atoms with Gasteiger partial charge in [0.25, 0.3) is 11.4 Å². The third kappa shape index (κ3) is 6.24. The fraction of sp³-hybridized carbons (Fsp3) is 0.367. The molecule has 0 aliphatic rings. The minimum atomic E-state index is -0.961. The van der Waals surface area contributed by atoms with E-state index in [9.17, 15) is 14.4 Å². The number of Topliss-reactive ketones (excluding diaryl/α,β-unsaturated/α-hetero) is 1. The highest BCUT2D eigenvalue weighted by atomic mass is 16.4. The molecule has 0 spiro atoms. The number of carbonyl (C=O) groups excluding carboxylic acids is 2. The summed E-state index contributed by atoms with van der Waals surface area (Å²) in [6, 6.07) is 12.0. The molecule has 0 aliphatic heterocycles. The lowest BCUT2D eigenvalue weighted by atomic mass is 9.88. The van der Waals surface area contributed by atoms with Crippen LogP contribution in [-0.4, -0.2) is 49.5 Å². The quantitative estimate of drug-likeness (QED) is 0.264. The van der Waals surface area contributed by atoms with Gasteiger partial charge in [0.15, 0.2) is 0 Å². The van der Waals surface area contributed by atoms with Gasteiger partial charge in [-0.05, 0) is 37.8 Å². The fourth-order valence-corrected chi connectivity index (χ4v) is 4.35. The molecule has 0 saturated carbocycles. The van der Waals surface area contributed by atoms with Crippen molar-refractivity contribution in [3.63, 3.8) is 0 Å². The SMILES string of the molecule is CCc1ccc(C(C)(C)c2nnc(C(=O)C(NC(=O)Cn3c(-c4ccccc4)ncc(NC)c3=O)C(C)C)o2)nc1. The van der Waals surface area contributed by atoms with Gasteiger partial charge in [-0.2, -0.15) is 0 Å². The Labute approximate surface area is 238 Å². The molecule has 11 heteroatoms. The number of aryl methyl sites for hydroxylation is 1. The first-order chi connectivity index (χ1) is 19.6. The van der Waals surface area contributed by atoms with E-state index in [4.69, 9.17) is 4.42 Å². The van der Waals surface area contributed by atoms with Crippen LogP contribution in [0.25, 0.3) is 11.4 Å². The van der Waals surface area contributed by atoms with Crippen molar-refractivity contribution in [1.82, 2.24) is 30.0 Å². The molecule has 1 unspecified atom stereocenters. The number of hydrogen-bond donors (Lipinski definition) is 2. The van der Waals surface area contributed by atoms with Gasteiger partial charge >= 0.3 is 0 Å². The van der Waals surface area contributed by atoms with Crippen LogP contribution < -0.4 is 16.2 Å². The molecule has 0 aliphatic carbocycles. The number of benzene rings is 1. The maximum atomic E-state index is 13.5. The average Bonchev–Trinajstić information content (AvgIpc) is 3.48. The van der Waals surface area contributed by atoms with Gasteiger partial charge in [0.1, 0.15) is 18.1 Å². The van der Waals surface area contributed by atoms with Crippen molar-refractivity contribution in [3.05, 3.63) is 88.3 Å². The molecule has 41 heavy (non-hydrogen) atoms. The van der Waals surface area contributed by atoms with Gasteiger partial charge in [-0.25, -0.2) is 4.98 Å². The van der Waals surface area contributed by atoms with E-state index < -0.39 is 28.7 Å². The zero-order valence-electron chi connectivity index (χ0n) is 24.1. The zero-order valence-corrected chi connectivity index (χ0v) is 24.1. The van der Waals surface area contributed by atoms with E-state index in [2.05, 4.69) is 37.7 Å². The number of aromatic nitrogens is 5. The van der Waals surface area contributed by atoms with Crippen LogP contribution >= 0.6 is 0 Å². The smallest absolute Gasteiger partial charge is 0.286 e. The number of rotatable bonds is 11. The highest BCUT2D eigenvalue weighted by molar-refractivity contribution is 5.98. The first-order valence-electron chi connectivity index (χ1n) is 13.5. The molecule has 1 aromatic carbocycles. The number of pyridine rings is 1. The van der Waals surface area contributed by atoms with E-state index in [1.165, 1.54) is 10.8 Å². The van der Waals surface area contributed by atoms with Crippen LogP contribution in [0.5, 0.6) is 0 Å². The van der Waals surface area contributed by atoms with Crippen molar-refractivity contribution >= 4 is 17.4 Å². The van der Waals surface area contributed by atoms with E-state index in [1.807, 2.05) is 44.2 Å². The number of hydrogen-bond acceptors (Lipinski definition) is 9. The summed E-state index contributed by atoms with van der Waals surface area (Å²) in [5, 5.41) is 13.7. The van der Waals surface area contributed by atoms with Crippen molar-refractivity contribution < 1.29 is 14.0 Å². The van der Waals surface area contributed by atoms with Crippen LogP contribution in [0.3, 0.4) is 0 Å². The van der Waals surface area contributed by atoms with Crippen molar-refractivity contribution in [2.24, 2.45) is 5.92 Å². The second kappa shape index (κ2) is 12.2. The first kappa shape index (κ1) is 29.3. The van der Waals surface area contributed by atoms with E-state index in [0.29, 0.717) is 11.4 Å². The minimum Gasteiger partial charge on any atom is -0.417 e. The average molecular weight is 558 g/mol. The maximum Gasteiger partial charge on any atom is 0.286 e. The van der Waals surface area contributed by atoms with Gasteiger partial charge in [-0.3, -0.25) is 23.9 Å². The van der Waals surface area contributed by atoms with E-state index in [0.717, 1.165) is 17.7 Å². The third-order valence-corrected chi connectivity index (χ3v) is 6.96. The molecule has 1 atom stereocenters. The summed E-state index contributed by atoms with van der Waals surface area (Å²) in [6.45, 7) is 9.09. The maximum absolute atomic E-state index is 13.5. The van der Waals surface area contributed by atoms with Gasteiger partial charge in [-0.15, -0.1) is 10.2 Å². The second-order valence-electron chi connectivity index (χ2n) is 10.6. The van der Waals surface area contributed by atoms with Crippen LogP contribution in [0.4, 0.5) is 5.69 Å². The van der Waals surface area contributed by atoms with Crippen LogP contribution in [0.1, 0.15) is 62.5 Å². The Morgan fingerprint density at radius 1 is 1.02 bits per heavy atom. The summed E-state index contributed by atoms with van der Waals surface area (Å²) in [4.78, 5) is 48.8. The molecule has 4 rings (SSSR count). The number of anilines is 1. The molecule has 214 valence electrons. The molecule has 4 aromatic rings. The summed E-state index contributed by atoms with van der Waals surface area (Å²) < 4.78 is 7.12. The monoisotopic (exact) mass is 557 g/mol. The standard InChI is InChI=1S/C30H35N7O4/c1-7-19-13-14-22(32-15-19)30(4,5)29-36-35-27(41-29)25(39)24(18(2)3)34-23(38)17-37-26(20-11-9-8-10-12-20)33-16-21(31-6)28(37)40/h8-16,18,24,31H,7,17H2,1-6H3,(H,34,38). The number of carbonyl (C=O) groups is 2. The first-order valence-corrected chi connectivity index (χ1v) is 13.5. The van der Waals surface area contributed by atoms with Crippen molar-refractivity contribution in [1.29, 1.82) is 0 Å². The van der Waals surface area contributed by atoms with Crippen molar-refractivity contribution in [2.75, 3.05) is 12.4 Å². The van der Waals surface area contributed by atoms with Crippen molar-refractivity contribution in [2.45, 2.75) is 59.0 Å². The molecule has 11 nitrogen and oxygen atoms in total. The van der Waals surface area contributed by atoms with E-state index in [1.54, 1.807) is 39.2 Å². The molecule has 0 saturated heterocycles. The van der Waals surface area contributed by atoms with Gasteiger partial charge in [-0.1, -0.05) is 57.2 Å². The molecule has 0 radical (unpaired) electrons. The van der Waals surface area contributed by atoms with Crippen LogP contribution in [0.15, 0.2) is 64.1 Å². The van der Waals surface area contributed by atoms with Gasteiger partial charge < -0.3 is 15.1 Å². The molecule has 0 fully saturated rings. The van der Waals surface area contributed by atoms with Crippen LogP contribution in [-0.2, 0) is 23.2 Å². The predicted molar refractivity (Wildman–Crippen MR) is 155 cm³/mol. The molecule has 2 N–H and O–H groups in total. The number of amides is 1. The summed E-state index contributed by atoms with van der Waals surface area (Å²) >= 11 is 0. The van der Waals surface area contributed by atoms with E-state index >= 15 is 0 Å². The lowest BCUT2D eigenvalue weighted by Crippen LogP contribution is -2.46. The van der Waals surface area contributed by atoms with Crippen molar-refractivity contribution in [3.8, 4) is 11.4 Å². The summed E-state index contributed by atoms with van der Waals surface area (Å²) in [5.74, 6) is -0.994. The molecule has 0 bridgehead atoms. The largest absolute Gasteiger partial charge is 0.417 e. The molecular weight excluding hydrogens is 522 g/mol. The second-order valence-corrected chi connectivity index (χ2v) is 10.6. The Balaban J connectivity index is 1.56. The summed E-state index contributed by atoms with van der Waals surface area (Å²) in [5.41, 5.74) is 1.60. The highest BCUT2D eigenvalue weighted by Gasteiger charge is 2.35. The molecule has 1 amide bonds. The topological polar surface area (TPSA) is 145 Å². The summed E-state index contributed by atoms with van der Waals surface area (Å²) in [7, 11) is 1.61. The number of ketones is 1. The Morgan fingerprint density at radius 3 is 2.37 bits per heavy atom. The lowest BCUT2D eigenvalue weighted by molar-refractivity contribution is -0.122.